The third-order valence-electron chi connectivity index (χ3n) is 0.496. The van der Waals surface area contributed by atoms with Crippen LogP contribution < -0.4 is 20.4 Å². The summed E-state index contributed by atoms with van der Waals surface area (Å²) < 4.78 is 0. The van der Waals surface area contributed by atoms with Crippen molar-refractivity contribution in [2.45, 2.75) is 93.7 Å². The van der Waals surface area contributed by atoms with Crippen LogP contribution in [0.15, 0.2) is 24.3 Å². The van der Waals surface area contributed by atoms with E-state index in [9.17, 15) is 20.4 Å². The topological polar surface area (TPSA) is 92.2 Å². The normalized spacial score (nSPS) is 9.30. The Morgan fingerprint density at radius 2 is 0.565 bits per heavy atom. The van der Waals surface area contributed by atoms with Gasteiger partial charge in [0.2, 0.25) is 0 Å². The van der Waals surface area contributed by atoms with E-state index in [2.05, 4.69) is 0 Å². The van der Waals surface area contributed by atoms with Crippen LogP contribution in [-0.2, 0) is 21.7 Å². The van der Waals surface area contributed by atoms with Crippen LogP contribution in [0.25, 0.3) is 0 Å². The predicted molar refractivity (Wildman–Crippen MR) is 90.2 cm³/mol. The van der Waals surface area contributed by atoms with Crippen molar-refractivity contribution in [1.29, 1.82) is 0 Å². The molecule has 0 bridgehead atoms. The monoisotopic (exact) mass is 366 g/mol. The molecular formula is C18H38O4Ti. The van der Waals surface area contributed by atoms with Gasteiger partial charge < -0.3 is 20.4 Å². The Hall–Kier alpha value is 0.0343. The van der Waals surface area contributed by atoms with Crippen LogP contribution in [0.2, 0.25) is 0 Å². The number of hydrogen-bond acceptors (Lipinski definition) is 4. The van der Waals surface area contributed by atoms with Gasteiger partial charge in [-0.15, -0.1) is 24.4 Å². The Balaban J connectivity index is -0.0000000393. The molecule has 0 saturated carbocycles. The van der Waals surface area contributed by atoms with E-state index in [1.54, 1.807) is 55.4 Å². The predicted octanol–water partition coefficient (Wildman–Crippen LogP) is 1.16. The van der Waals surface area contributed by atoms with Crippen molar-refractivity contribution in [3.05, 3.63) is 24.3 Å². The van der Waals surface area contributed by atoms with Gasteiger partial charge in [0.1, 0.15) is 0 Å². The molecule has 0 amide bonds. The van der Waals surface area contributed by atoms with Gasteiger partial charge in [-0.3, -0.25) is 0 Å². The van der Waals surface area contributed by atoms with E-state index in [1.165, 1.54) is 0 Å². The van der Waals surface area contributed by atoms with Gasteiger partial charge in [0, 0.05) is 0 Å². The molecule has 0 saturated heterocycles. The van der Waals surface area contributed by atoms with E-state index in [0.29, 0.717) is 0 Å². The second-order valence-electron chi connectivity index (χ2n) is 5.25. The minimum Gasteiger partial charge on any atom is -0.852 e. The molecule has 0 aliphatic rings. The van der Waals surface area contributed by atoms with Gasteiger partial charge in [-0.05, 0) is 13.8 Å². The molecule has 0 unspecified atom stereocenters. The molecule has 0 aromatic heterocycles. The standard InChI is InChI=1S/C6H10.4C3H7O.Ti/c1-3-5-6-4-2;4*1-3(2)4;/h3-6H,1-2H3;4*3H,1-2H3;/q;4*-1;+4. The van der Waals surface area contributed by atoms with Gasteiger partial charge in [0.05, 0.1) is 0 Å². The van der Waals surface area contributed by atoms with Gasteiger partial charge in [-0.2, -0.15) is 0 Å². The summed E-state index contributed by atoms with van der Waals surface area (Å²) in [4.78, 5) is 0. The Morgan fingerprint density at radius 1 is 0.478 bits per heavy atom. The van der Waals surface area contributed by atoms with E-state index in [-0.39, 0.29) is 21.7 Å². The van der Waals surface area contributed by atoms with Crippen molar-refractivity contribution in [1.82, 2.24) is 0 Å². The second-order valence-corrected chi connectivity index (χ2v) is 5.25. The zero-order valence-electron chi connectivity index (χ0n) is 16.8. The maximum Gasteiger partial charge on any atom is 4.00 e. The summed E-state index contributed by atoms with van der Waals surface area (Å²) in [6, 6.07) is 0. The fourth-order valence-electron chi connectivity index (χ4n) is 0.222. The second kappa shape index (κ2) is 37.9. The van der Waals surface area contributed by atoms with E-state index >= 15 is 0 Å². The maximum atomic E-state index is 9.53. The van der Waals surface area contributed by atoms with Gasteiger partial charge in [-0.1, -0.05) is 79.7 Å². The minimum absolute atomic E-state index is 0. The first-order valence-corrected chi connectivity index (χ1v) is 7.72. The van der Waals surface area contributed by atoms with Crippen LogP contribution in [0.3, 0.4) is 0 Å². The maximum absolute atomic E-state index is 9.53. The van der Waals surface area contributed by atoms with E-state index in [0.717, 1.165) is 0 Å². The summed E-state index contributed by atoms with van der Waals surface area (Å²) in [7, 11) is 0. The molecule has 0 radical (unpaired) electrons. The molecule has 138 valence electrons. The van der Waals surface area contributed by atoms with E-state index < -0.39 is 24.4 Å². The fraction of sp³-hybridized carbons (Fsp3) is 0.778. The Labute approximate surface area is 160 Å². The molecule has 0 heterocycles. The Bertz CT molecular complexity index is 156. The van der Waals surface area contributed by atoms with Crippen LogP contribution in [0, 0.1) is 0 Å². The summed E-state index contributed by atoms with van der Waals surface area (Å²) in [5.74, 6) is 0. The van der Waals surface area contributed by atoms with Crippen molar-refractivity contribution >= 4 is 0 Å². The van der Waals surface area contributed by atoms with Gasteiger partial charge in [-0.25, -0.2) is 0 Å². The molecule has 5 heteroatoms. The molecule has 0 fully saturated rings. The van der Waals surface area contributed by atoms with Crippen molar-refractivity contribution in [3.8, 4) is 0 Å². The van der Waals surface area contributed by atoms with Gasteiger partial charge >= 0.3 is 21.7 Å². The van der Waals surface area contributed by atoms with E-state index in [4.69, 9.17) is 0 Å². The van der Waals surface area contributed by atoms with Crippen molar-refractivity contribution in [2.24, 2.45) is 0 Å². The summed E-state index contributed by atoms with van der Waals surface area (Å²) in [5, 5.41) is 38.1. The molecule has 4 nitrogen and oxygen atoms in total. The first-order valence-electron chi connectivity index (χ1n) is 7.72. The van der Waals surface area contributed by atoms with Gasteiger partial charge in [0.15, 0.2) is 0 Å². The van der Waals surface area contributed by atoms with Crippen LogP contribution in [0.1, 0.15) is 69.2 Å². The Morgan fingerprint density at radius 3 is 0.609 bits per heavy atom. The van der Waals surface area contributed by atoms with Crippen LogP contribution in [0.5, 0.6) is 0 Å². The quantitative estimate of drug-likeness (QED) is 0.514. The molecule has 0 aliphatic carbocycles. The third-order valence-corrected chi connectivity index (χ3v) is 0.496. The molecule has 0 aromatic rings. The third kappa shape index (κ3) is 961. The van der Waals surface area contributed by atoms with Crippen molar-refractivity contribution in [3.63, 3.8) is 0 Å². The number of allylic oxidation sites excluding steroid dienone is 4. The molecule has 0 rings (SSSR count). The summed E-state index contributed by atoms with van der Waals surface area (Å²) in [6.07, 6.45) is 6.33. The van der Waals surface area contributed by atoms with Crippen molar-refractivity contribution < 1.29 is 42.1 Å². The molecular weight excluding hydrogens is 328 g/mol. The first kappa shape index (κ1) is 38.5. The fourth-order valence-corrected chi connectivity index (χ4v) is 0.222. The van der Waals surface area contributed by atoms with Crippen molar-refractivity contribution in [2.75, 3.05) is 0 Å². The van der Waals surface area contributed by atoms with E-state index in [1.807, 2.05) is 38.2 Å². The summed E-state index contributed by atoms with van der Waals surface area (Å²) in [6.45, 7) is 16.9. The Kier molecular flexibility index (Phi) is 63.5. The molecule has 0 aliphatic heterocycles. The summed E-state index contributed by atoms with van der Waals surface area (Å²) >= 11 is 0. The SMILES string of the molecule is CC(C)[O-].CC(C)[O-].CC(C)[O-].CC(C)[O-].CC=CC=CC.[Ti+4]. The molecule has 23 heavy (non-hydrogen) atoms. The van der Waals surface area contributed by atoms with Crippen LogP contribution >= 0.6 is 0 Å². The smallest absolute Gasteiger partial charge is 0.852 e. The number of rotatable bonds is 1. The first-order chi connectivity index (χ1) is 9.84. The van der Waals surface area contributed by atoms with Crippen LogP contribution in [-0.4, -0.2) is 24.4 Å². The molecule has 0 atom stereocenters. The average molecular weight is 366 g/mol. The molecule has 0 N–H and O–H groups in total. The molecule has 0 aromatic carbocycles. The summed E-state index contributed by atoms with van der Waals surface area (Å²) in [5.41, 5.74) is 0. The largest absolute Gasteiger partial charge is 4.00 e. The zero-order chi connectivity index (χ0) is 19.1. The molecule has 0 spiro atoms. The minimum atomic E-state index is -0.417. The van der Waals surface area contributed by atoms with Crippen LogP contribution in [0.4, 0.5) is 0 Å². The average Bonchev–Trinajstić information content (AvgIpc) is 2.23. The zero-order valence-corrected chi connectivity index (χ0v) is 18.3. The van der Waals surface area contributed by atoms with Gasteiger partial charge in [0.25, 0.3) is 0 Å². The number of hydrogen-bond donors (Lipinski definition) is 0.